The first-order valence-electron chi connectivity index (χ1n) is 9.31. The Balaban J connectivity index is 2.16. The molecule has 0 aliphatic carbocycles. The molecule has 2 aromatic carbocycles. The summed E-state index contributed by atoms with van der Waals surface area (Å²) >= 11 is 0. The molecule has 2 rings (SSSR count). The van der Waals surface area contributed by atoms with Crippen molar-refractivity contribution in [3.63, 3.8) is 0 Å². The van der Waals surface area contributed by atoms with E-state index in [-0.39, 0.29) is 5.91 Å². The Morgan fingerprint density at radius 3 is 2.18 bits per heavy atom. The number of hydrogen-bond acceptors (Lipinski definition) is 4. The lowest BCUT2D eigenvalue weighted by Gasteiger charge is -2.30. The lowest BCUT2D eigenvalue weighted by atomic mass is 10.1. The fraction of sp³-hybridized carbons (Fsp3) is 0.381. The smallest absolute Gasteiger partial charge is 0.244 e. The maximum absolute atomic E-state index is 12.8. The predicted molar refractivity (Wildman–Crippen MR) is 112 cm³/mol. The fourth-order valence-electron chi connectivity index (χ4n) is 2.93. The number of carbonyl (C=O) groups excluding carboxylic acids is 1. The minimum absolute atomic E-state index is 0.313. The zero-order chi connectivity index (χ0) is 20.7. The molecular formula is C21H28N2O4S. The predicted octanol–water partition coefficient (Wildman–Crippen LogP) is 3.25. The molecule has 2 aromatic rings. The zero-order valence-electron chi connectivity index (χ0n) is 16.8. The molecule has 0 unspecified atom stereocenters. The highest BCUT2D eigenvalue weighted by molar-refractivity contribution is 7.92. The third-order valence-electron chi connectivity index (χ3n) is 4.32. The molecule has 0 radical (unpaired) electrons. The fourth-order valence-corrected chi connectivity index (χ4v) is 4.14. The Morgan fingerprint density at radius 1 is 1.07 bits per heavy atom. The number of benzene rings is 2. The highest BCUT2D eigenvalue weighted by atomic mass is 32.2. The topological polar surface area (TPSA) is 75.7 Å². The van der Waals surface area contributed by atoms with Crippen LogP contribution in [0.1, 0.15) is 31.4 Å². The van der Waals surface area contributed by atoms with Crippen LogP contribution in [0.5, 0.6) is 5.75 Å². The molecule has 0 aromatic heterocycles. The van der Waals surface area contributed by atoms with Gasteiger partial charge in [-0.05, 0) is 50.1 Å². The van der Waals surface area contributed by atoms with Crippen molar-refractivity contribution >= 4 is 21.6 Å². The van der Waals surface area contributed by atoms with Crippen LogP contribution >= 0.6 is 0 Å². The van der Waals surface area contributed by atoms with Gasteiger partial charge >= 0.3 is 0 Å². The van der Waals surface area contributed by atoms with Crippen LogP contribution in [0, 0.1) is 6.92 Å². The second-order valence-electron chi connectivity index (χ2n) is 6.61. The van der Waals surface area contributed by atoms with E-state index < -0.39 is 16.1 Å². The van der Waals surface area contributed by atoms with Crippen molar-refractivity contribution in [2.75, 3.05) is 17.2 Å². The third kappa shape index (κ3) is 5.73. The molecule has 0 spiro atoms. The van der Waals surface area contributed by atoms with Crippen LogP contribution in [-0.2, 0) is 21.4 Å². The Labute approximate surface area is 167 Å². The summed E-state index contributed by atoms with van der Waals surface area (Å²) in [6, 6.07) is 13.7. The van der Waals surface area contributed by atoms with Gasteiger partial charge in [0.25, 0.3) is 0 Å². The van der Waals surface area contributed by atoms with Crippen molar-refractivity contribution in [3.05, 3.63) is 59.7 Å². The number of hydrogen-bond donors (Lipinski definition) is 1. The van der Waals surface area contributed by atoms with Gasteiger partial charge in [0, 0.05) is 6.54 Å². The maximum Gasteiger partial charge on any atom is 0.244 e. The zero-order valence-corrected chi connectivity index (χ0v) is 17.6. The molecule has 0 fully saturated rings. The van der Waals surface area contributed by atoms with Gasteiger partial charge in [-0.1, -0.05) is 36.8 Å². The van der Waals surface area contributed by atoms with Crippen LogP contribution < -0.4 is 14.4 Å². The summed E-state index contributed by atoms with van der Waals surface area (Å²) in [6.07, 6.45) is 1.48. The van der Waals surface area contributed by atoms with Gasteiger partial charge in [0.15, 0.2) is 0 Å². The lowest BCUT2D eigenvalue weighted by Crippen LogP contribution is -2.49. The van der Waals surface area contributed by atoms with Crippen molar-refractivity contribution < 1.29 is 17.9 Å². The first-order chi connectivity index (χ1) is 13.3. The molecule has 6 nitrogen and oxygen atoms in total. The average molecular weight is 405 g/mol. The van der Waals surface area contributed by atoms with Crippen molar-refractivity contribution in [1.82, 2.24) is 5.32 Å². The molecule has 28 heavy (non-hydrogen) atoms. The highest BCUT2D eigenvalue weighted by Gasteiger charge is 2.31. The molecule has 1 atom stereocenters. The number of aryl methyl sites for hydroxylation is 1. The van der Waals surface area contributed by atoms with Gasteiger partial charge in [0.1, 0.15) is 11.8 Å². The molecule has 0 saturated carbocycles. The quantitative estimate of drug-likeness (QED) is 0.696. The second kappa shape index (κ2) is 9.59. The van der Waals surface area contributed by atoms with Crippen molar-refractivity contribution in [3.8, 4) is 5.75 Å². The second-order valence-corrected chi connectivity index (χ2v) is 8.47. The summed E-state index contributed by atoms with van der Waals surface area (Å²) in [4.78, 5) is 12.8. The summed E-state index contributed by atoms with van der Waals surface area (Å²) in [5.41, 5.74) is 2.41. The molecular weight excluding hydrogens is 376 g/mol. The van der Waals surface area contributed by atoms with E-state index in [4.69, 9.17) is 4.74 Å². The minimum atomic E-state index is -3.63. The summed E-state index contributed by atoms with van der Waals surface area (Å²) in [5, 5.41) is 2.85. The third-order valence-corrected chi connectivity index (χ3v) is 5.50. The Bertz CT molecular complexity index is 878. The largest absolute Gasteiger partial charge is 0.494 e. The number of nitrogens with one attached hydrogen (secondary N) is 1. The molecule has 0 heterocycles. The summed E-state index contributed by atoms with van der Waals surface area (Å²) in [7, 11) is -3.63. The van der Waals surface area contributed by atoms with Crippen molar-refractivity contribution in [1.29, 1.82) is 0 Å². The van der Waals surface area contributed by atoms with E-state index in [1.165, 1.54) is 4.31 Å². The van der Waals surface area contributed by atoms with Gasteiger partial charge in [-0.2, -0.15) is 0 Å². The summed E-state index contributed by atoms with van der Waals surface area (Å²) in [6.45, 7) is 6.55. The average Bonchev–Trinajstić information content (AvgIpc) is 2.65. The SMILES string of the molecule is CCOc1ccc(CNC(=O)[C@@H](CC)N(c2ccc(C)cc2)S(C)(=O)=O)cc1. The molecule has 0 aliphatic heterocycles. The number of rotatable bonds is 9. The molecule has 1 amide bonds. The monoisotopic (exact) mass is 404 g/mol. The Hall–Kier alpha value is -2.54. The van der Waals surface area contributed by atoms with E-state index in [0.29, 0.717) is 25.3 Å². The van der Waals surface area contributed by atoms with Crippen LogP contribution in [0.2, 0.25) is 0 Å². The van der Waals surface area contributed by atoms with Crippen LogP contribution in [0.25, 0.3) is 0 Å². The van der Waals surface area contributed by atoms with Gasteiger partial charge < -0.3 is 10.1 Å². The Kier molecular flexibility index (Phi) is 7.45. The number of sulfonamides is 1. The highest BCUT2D eigenvalue weighted by Crippen LogP contribution is 2.23. The van der Waals surface area contributed by atoms with E-state index in [1.807, 2.05) is 50.2 Å². The first-order valence-corrected chi connectivity index (χ1v) is 11.2. The summed E-state index contributed by atoms with van der Waals surface area (Å²) in [5.74, 6) is 0.439. The van der Waals surface area contributed by atoms with Gasteiger partial charge in [-0.3, -0.25) is 9.10 Å². The number of anilines is 1. The van der Waals surface area contributed by atoms with Crippen molar-refractivity contribution in [2.24, 2.45) is 0 Å². The standard InChI is InChI=1S/C21H28N2O4S/c1-5-20(23(28(4,25)26)18-11-7-16(3)8-12-18)21(24)22-15-17-9-13-19(14-10-17)27-6-2/h7-14,20H,5-6,15H2,1-4H3,(H,22,24)/t20-/m1/s1. The van der Waals surface area contributed by atoms with Gasteiger partial charge in [0.2, 0.25) is 15.9 Å². The number of ether oxygens (including phenoxy) is 1. The molecule has 0 aliphatic rings. The van der Waals surface area contributed by atoms with Gasteiger partial charge in [0.05, 0.1) is 18.6 Å². The van der Waals surface area contributed by atoms with Gasteiger partial charge in [-0.15, -0.1) is 0 Å². The van der Waals surface area contributed by atoms with Crippen LogP contribution in [0.4, 0.5) is 5.69 Å². The first kappa shape index (κ1) is 21.8. The Morgan fingerprint density at radius 2 is 1.68 bits per heavy atom. The maximum atomic E-state index is 12.8. The normalized spacial score (nSPS) is 12.3. The lowest BCUT2D eigenvalue weighted by molar-refractivity contribution is -0.122. The summed E-state index contributed by atoms with van der Waals surface area (Å²) < 4.78 is 31.5. The molecule has 1 N–H and O–H groups in total. The van der Waals surface area contributed by atoms with E-state index >= 15 is 0 Å². The molecule has 7 heteroatoms. The van der Waals surface area contributed by atoms with E-state index in [9.17, 15) is 13.2 Å². The molecule has 0 saturated heterocycles. The van der Waals surface area contributed by atoms with Gasteiger partial charge in [-0.25, -0.2) is 8.42 Å². The van der Waals surface area contributed by atoms with Crippen LogP contribution in [-0.4, -0.2) is 33.2 Å². The molecule has 0 bridgehead atoms. The minimum Gasteiger partial charge on any atom is -0.494 e. The van der Waals surface area contributed by atoms with E-state index in [1.54, 1.807) is 19.1 Å². The number of amides is 1. The number of nitrogens with zero attached hydrogens (tertiary/aromatic N) is 1. The molecule has 152 valence electrons. The van der Waals surface area contributed by atoms with E-state index in [0.717, 1.165) is 23.1 Å². The van der Waals surface area contributed by atoms with E-state index in [2.05, 4.69) is 5.32 Å². The number of carbonyl (C=O) groups is 1. The van der Waals surface area contributed by atoms with Crippen molar-refractivity contribution in [2.45, 2.75) is 39.8 Å². The van der Waals surface area contributed by atoms with Crippen LogP contribution in [0.15, 0.2) is 48.5 Å². The van der Waals surface area contributed by atoms with Crippen LogP contribution in [0.3, 0.4) is 0 Å².